The number of benzene rings is 1. The summed E-state index contributed by atoms with van der Waals surface area (Å²) in [5.41, 5.74) is 3.14. The van der Waals surface area contributed by atoms with E-state index in [1.807, 2.05) is 24.3 Å². The zero-order valence-corrected chi connectivity index (χ0v) is 21.4. The molecule has 0 radical (unpaired) electrons. The van der Waals surface area contributed by atoms with Gasteiger partial charge in [-0.25, -0.2) is 24.3 Å². The van der Waals surface area contributed by atoms with Crippen LogP contribution in [0.5, 0.6) is 5.88 Å². The summed E-state index contributed by atoms with van der Waals surface area (Å²) in [4.78, 5) is 20.8. The lowest BCUT2D eigenvalue weighted by Gasteiger charge is -2.31. The van der Waals surface area contributed by atoms with E-state index in [1.165, 1.54) is 6.07 Å². The third-order valence-electron chi connectivity index (χ3n) is 6.87. The molecule has 0 spiro atoms. The lowest BCUT2D eigenvalue weighted by Crippen LogP contribution is -2.33. The third kappa shape index (κ3) is 5.39. The van der Waals surface area contributed by atoms with Gasteiger partial charge in [0.2, 0.25) is 11.8 Å². The van der Waals surface area contributed by atoms with Crippen molar-refractivity contribution in [1.82, 2.24) is 29.4 Å². The van der Waals surface area contributed by atoms with Crippen LogP contribution < -0.4 is 4.74 Å². The van der Waals surface area contributed by atoms with Crippen LogP contribution in [-0.4, -0.2) is 42.5 Å². The minimum Gasteiger partial charge on any atom is -0.473 e. The van der Waals surface area contributed by atoms with Crippen LogP contribution >= 0.6 is 11.6 Å². The summed E-state index contributed by atoms with van der Waals surface area (Å²) in [6.45, 7) is 3.14. The van der Waals surface area contributed by atoms with E-state index in [-0.39, 0.29) is 12.4 Å². The highest BCUT2D eigenvalue weighted by molar-refractivity contribution is 6.30. The first-order chi connectivity index (χ1) is 18.6. The second-order valence-corrected chi connectivity index (χ2v) is 9.80. The molecule has 0 saturated carbocycles. The fourth-order valence-electron chi connectivity index (χ4n) is 4.87. The third-order valence-corrected chi connectivity index (χ3v) is 7.10. The number of imidazole rings is 1. The van der Waals surface area contributed by atoms with Crippen LogP contribution in [0.4, 0.5) is 4.39 Å². The summed E-state index contributed by atoms with van der Waals surface area (Å²) in [6, 6.07) is 14.2. The molecule has 8 nitrogen and oxygen atoms in total. The summed E-state index contributed by atoms with van der Waals surface area (Å²) in [5, 5.41) is 0.362. The van der Waals surface area contributed by atoms with Crippen molar-refractivity contribution in [2.45, 2.75) is 38.5 Å². The van der Waals surface area contributed by atoms with Gasteiger partial charge in [0, 0.05) is 34.5 Å². The Hall–Kier alpha value is -3.82. The molecule has 0 bridgehead atoms. The van der Waals surface area contributed by atoms with Crippen molar-refractivity contribution in [3.63, 3.8) is 0 Å². The number of hydrogen-bond donors (Lipinski definition) is 0. The first-order valence-electron chi connectivity index (χ1n) is 12.6. The maximum atomic E-state index is 14.1. The fourth-order valence-corrected chi connectivity index (χ4v) is 5.03. The minimum absolute atomic E-state index is 0.0985. The molecule has 0 amide bonds. The maximum Gasteiger partial charge on any atom is 0.214 e. The molecule has 194 valence electrons. The van der Waals surface area contributed by atoms with Crippen LogP contribution in [0.25, 0.3) is 11.2 Å². The van der Waals surface area contributed by atoms with E-state index >= 15 is 0 Å². The first-order valence-corrected chi connectivity index (χ1v) is 12.9. The van der Waals surface area contributed by atoms with Gasteiger partial charge >= 0.3 is 0 Å². The van der Waals surface area contributed by atoms with Crippen molar-refractivity contribution in [2.75, 3.05) is 13.1 Å². The quantitative estimate of drug-likeness (QED) is 0.257. The summed E-state index contributed by atoms with van der Waals surface area (Å²) in [7, 11) is 0. The Morgan fingerprint density at radius 1 is 1.00 bits per heavy atom. The molecule has 6 rings (SSSR count). The number of piperidine rings is 1. The van der Waals surface area contributed by atoms with Gasteiger partial charge in [0.15, 0.2) is 5.65 Å². The summed E-state index contributed by atoms with van der Waals surface area (Å²) in [5.74, 6) is 2.01. The zero-order valence-electron chi connectivity index (χ0n) is 20.6. The molecule has 0 N–H and O–H groups in total. The van der Waals surface area contributed by atoms with E-state index in [1.54, 1.807) is 36.9 Å². The van der Waals surface area contributed by atoms with Gasteiger partial charge < -0.3 is 13.7 Å². The molecule has 0 aliphatic carbocycles. The Balaban J connectivity index is 1.10. The average molecular weight is 533 g/mol. The van der Waals surface area contributed by atoms with Crippen molar-refractivity contribution in [2.24, 2.45) is 0 Å². The van der Waals surface area contributed by atoms with Gasteiger partial charge in [-0.15, -0.1) is 0 Å². The molecule has 1 aromatic carbocycles. The predicted molar refractivity (Wildman–Crippen MR) is 140 cm³/mol. The van der Waals surface area contributed by atoms with Gasteiger partial charge in [0.1, 0.15) is 36.6 Å². The lowest BCUT2D eigenvalue weighted by molar-refractivity contribution is 0.196. The van der Waals surface area contributed by atoms with E-state index in [0.717, 1.165) is 48.6 Å². The van der Waals surface area contributed by atoms with E-state index < -0.39 is 0 Å². The molecule has 1 aliphatic rings. The van der Waals surface area contributed by atoms with Crippen LogP contribution in [0.1, 0.15) is 41.7 Å². The minimum atomic E-state index is -0.384. The number of hydrogen-bond acceptors (Lipinski definition) is 7. The molecule has 1 aliphatic heterocycles. The molecule has 1 saturated heterocycles. The van der Waals surface area contributed by atoms with E-state index in [0.29, 0.717) is 41.4 Å². The van der Waals surface area contributed by atoms with Gasteiger partial charge in [0.25, 0.3) is 0 Å². The number of aromatic nitrogens is 5. The lowest BCUT2D eigenvalue weighted by atomic mass is 9.93. The Labute approximate surface area is 224 Å². The molecular formula is C28H26ClFN6O2. The fraction of sp³-hybridized carbons (Fsp3) is 0.286. The standard InChI is InChI=1S/C28H26ClFN6O2/c29-21-7-6-20(22(30)15-21)18-38-26-5-1-3-23(34-26)19-8-12-35(13-9-19)16-25-33-24-4-2-10-32-28(24)36(25)17-27-31-11-14-37-27/h1-7,10-11,14-15,19H,8-9,12-13,16-18H2. The highest BCUT2D eigenvalue weighted by atomic mass is 35.5. The number of fused-ring (bicyclic) bond motifs is 1. The van der Waals surface area contributed by atoms with E-state index in [2.05, 4.69) is 19.4 Å². The van der Waals surface area contributed by atoms with Gasteiger partial charge in [-0.2, -0.15) is 0 Å². The van der Waals surface area contributed by atoms with Crippen LogP contribution in [0.3, 0.4) is 0 Å². The van der Waals surface area contributed by atoms with Crippen molar-refractivity contribution >= 4 is 22.8 Å². The Morgan fingerprint density at radius 2 is 1.89 bits per heavy atom. The Bertz CT molecular complexity index is 1530. The second kappa shape index (κ2) is 10.9. The molecule has 38 heavy (non-hydrogen) atoms. The normalized spacial score (nSPS) is 14.8. The monoisotopic (exact) mass is 532 g/mol. The average Bonchev–Trinajstić information content (AvgIpc) is 3.57. The summed E-state index contributed by atoms with van der Waals surface area (Å²) < 4.78 is 27.5. The molecule has 1 fully saturated rings. The van der Waals surface area contributed by atoms with Crippen molar-refractivity contribution in [3.05, 3.63) is 101 Å². The topological polar surface area (TPSA) is 82.1 Å². The number of halogens is 2. The summed E-state index contributed by atoms with van der Waals surface area (Å²) in [6.07, 6.45) is 6.95. The second-order valence-electron chi connectivity index (χ2n) is 9.36. The van der Waals surface area contributed by atoms with Gasteiger partial charge in [-0.3, -0.25) is 4.90 Å². The van der Waals surface area contributed by atoms with Gasteiger partial charge in [-0.05, 0) is 56.3 Å². The molecule has 10 heteroatoms. The molecular weight excluding hydrogens is 507 g/mol. The Kier molecular flexibility index (Phi) is 7.02. The molecule has 4 aromatic heterocycles. The highest BCUT2D eigenvalue weighted by Gasteiger charge is 2.24. The van der Waals surface area contributed by atoms with Crippen molar-refractivity contribution in [3.8, 4) is 5.88 Å². The number of rotatable bonds is 8. The number of likely N-dealkylation sites (tertiary alicyclic amines) is 1. The first kappa shape index (κ1) is 24.5. The van der Waals surface area contributed by atoms with E-state index in [9.17, 15) is 4.39 Å². The Morgan fingerprint density at radius 3 is 2.71 bits per heavy atom. The van der Waals surface area contributed by atoms with Gasteiger partial charge in [-0.1, -0.05) is 23.7 Å². The number of ether oxygens (including phenoxy) is 1. The van der Waals surface area contributed by atoms with Crippen LogP contribution in [0.15, 0.2) is 71.6 Å². The number of oxazole rings is 1. The van der Waals surface area contributed by atoms with Crippen LogP contribution in [0, 0.1) is 5.82 Å². The smallest absolute Gasteiger partial charge is 0.214 e. The maximum absolute atomic E-state index is 14.1. The number of nitrogens with zero attached hydrogens (tertiary/aromatic N) is 6. The van der Waals surface area contributed by atoms with Crippen LogP contribution in [-0.2, 0) is 19.7 Å². The van der Waals surface area contributed by atoms with Gasteiger partial charge in [0.05, 0.1) is 12.7 Å². The van der Waals surface area contributed by atoms with Crippen LogP contribution in [0.2, 0.25) is 5.02 Å². The van der Waals surface area contributed by atoms with E-state index in [4.69, 9.17) is 30.7 Å². The molecule has 5 aromatic rings. The molecule has 5 heterocycles. The summed E-state index contributed by atoms with van der Waals surface area (Å²) >= 11 is 5.84. The zero-order chi connectivity index (χ0) is 25.9. The van der Waals surface area contributed by atoms with Crippen molar-refractivity contribution < 1.29 is 13.5 Å². The highest BCUT2D eigenvalue weighted by Crippen LogP contribution is 2.29. The number of pyridine rings is 2. The molecule has 0 unspecified atom stereocenters. The largest absolute Gasteiger partial charge is 0.473 e. The van der Waals surface area contributed by atoms with Crippen molar-refractivity contribution in [1.29, 1.82) is 0 Å². The SMILES string of the molecule is Fc1cc(Cl)ccc1COc1cccc(C2CCN(Cc3nc4cccnc4n3Cc3ncco3)CC2)n1. The molecule has 0 atom stereocenters. The predicted octanol–water partition coefficient (Wildman–Crippen LogP) is 5.61.